The van der Waals surface area contributed by atoms with Gasteiger partial charge in [-0.05, 0) is 30.2 Å². The van der Waals surface area contributed by atoms with Gasteiger partial charge in [0.25, 0.3) is 0 Å². The molecule has 0 N–H and O–H groups in total. The molecule has 0 aliphatic heterocycles. The van der Waals surface area contributed by atoms with Crippen LogP contribution < -0.4 is 4.74 Å². The van der Waals surface area contributed by atoms with Crippen molar-refractivity contribution >= 4 is 27.5 Å². The van der Waals surface area contributed by atoms with Crippen LogP contribution in [0.2, 0.25) is 5.02 Å². The summed E-state index contributed by atoms with van der Waals surface area (Å²) < 4.78 is 6.70. The molecule has 0 amide bonds. The van der Waals surface area contributed by atoms with Crippen molar-refractivity contribution in [3.63, 3.8) is 0 Å². The predicted octanol–water partition coefficient (Wildman–Crippen LogP) is 4.99. The van der Waals surface area contributed by atoms with Crippen LogP contribution >= 0.6 is 27.5 Å². The molecule has 2 aromatic carbocycles. The van der Waals surface area contributed by atoms with E-state index in [0.717, 1.165) is 21.3 Å². The molecule has 0 atom stereocenters. The van der Waals surface area contributed by atoms with Crippen LogP contribution in [0.4, 0.5) is 0 Å². The zero-order chi connectivity index (χ0) is 12.3. The predicted molar refractivity (Wildman–Crippen MR) is 74.7 cm³/mol. The molecular formula is C14H12BrClO. The summed E-state index contributed by atoms with van der Waals surface area (Å²) in [7, 11) is 0. The summed E-state index contributed by atoms with van der Waals surface area (Å²) in [5.41, 5.74) is 2.24. The van der Waals surface area contributed by atoms with E-state index in [4.69, 9.17) is 16.3 Å². The van der Waals surface area contributed by atoms with Gasteiger partial charge in [-0.15, -0.1) is 0 Å². The fraction of sp³-hybridized carbons (Fsp3) is 0.143. The smallest absolute Gasteiger partial charge is 0.138 e. The maximum absolute atomic E-state index is 6.11. The number of hydrogen-bond donors (Lipinski definition) is 0. The average Bonchev–Trinajstić information content (AvgIpc) is 2.33. The van der Waals surface area contributed by atoms with Gasteiger partial charge >= 0.3 is 0 Å². The summed E-state index contributed by atoms with van der Waals surface area (Å²) in [5, 5.41) is 0.624. The van der Waals surface area contributed by atoms with Crippen LogP contribution in [0.3, 0.4) is 0 Å². The fourth-order valence-electron chi connectivity index (χ4n) is 1.48. The number of aryl methyl sites for hydroxylation is 1. The molecule has 0 radical (unpaired) electrons. The number of rotatable bonds is 3. The maximum Gasteiger partial charge on any atom is 0.138 e. The average molecular weight is 312 g/mol. The van der Waals surface area contributed by atoms with E-state index in [0.29, 0.717) is 11.6 Å². The SMILES string of the molecule is Cc1cc(OCc2ccccc2)c(Cl)cc1Br. The van der Waals surface area contributed by atoms with Gasteiger partial charge < -0.3 is 4.74 Å². The van der Waals surface area contributed by atoms with Gasteiger partial charge in [0.05, 0.1) is 5.02 Å². The fourth-order valence-corrected chi connectivity index (χ4v) is 2.17. The van der Waals surface area contributed by atoms with Crippen LogP contribution in [0, 0.1) is 6.92 Å². The number of halogens is 2. The molecule has 0 saturated heterocycles. The summed E-state index contributed by atoms with van der Waals surface area (Å²) >= 11 is 9.55. The molecule has 1 nitrogen and oxygen atoms in total. The Bertz CT molecular complexity index is 511. The lowest BCUT2D eigenvalue weighted by Crippen LogP contribution is -1.96. The molecular weight excluding hydrogens is 300 g/mol. The van der Waals surface area contributed by atoms with Gasteiger partial charge in [0, 0.05) is 4.47 Å². The van der Waals surface area contributed by atoms with E-state index in [1.807, 2.05) is 49.4 Å². The Labute approximate surface area is 115 Å². The molecule has 0 spiro atoms. The first-order valence-electron chi connectivity index (χ1n) is 5.29. The van der Waals surface area contributed by atoms with Crippen LogP contribution in [0.15, 0.2) is 46.9 Å². The molecule has 0 bridgehead atoms. The minimum Gasteiger partial charge on any atom is -0.487 e. The van der Waals surface area contributed by atoms with E-state index in [1.165, 1.54) is 0 Å². The maximum atomic E-state index is 6.11. The van der Waals surface area contributed by atoms with Crippen molar-refractivity contribution in [2.24, 2.45) is 0 Å². The van der Waals surface area contributed by atoms with E-state index < -0.39 is 0 Å². The van der Waals surface area contributed by atoms with Crippen LogP contribution in [-0.4, -0.2) is 0 Å². The Morgan fingerprint density at radius 1 is 1.18 bits per heavy atom. The Morgan fingerprint density at radius 3 is 2.59 bits per heavy atom. The van der Waals surface area contributed by atoms with Gasteiger partial charge in [0.1, 0.15) is 12.4 Å². The highest BCUT2D eigenvalue weighted by Gasteiger charge is 2.05. The van der Waals surface area contributed by atoms with E-state index >= 15 is 0 Å². The van der Waals surface area contributed by atoms with Crippen molar-refractivity contribution < 1.29 is 4.74 Å². The van der Waals surface area contributed by atoms with Crippen molar-refractivity contribution in [1.29, 1.82) is 0 Å². The van der Waals surface area contributed by atoms with Gasteiger partial charge in [-0.25, -0.2) is 0 Å². The molecule has 17 heavy (non-hydrogen) atoms. The summed E-state index contributed by atoms with van der Waals surface area (Å²) in [4.78, 5) is 0. The van der Waals surface area contributed by atoms with Crippen molar-refractivity contribution in [2.75, 3.05) is 0 Å². The second kappa shape index (κ2) is 5.56. The van der Waals surface area contributed by atoms with Crippen molar-refractivity contribution in [3.8, 4) is 5.75 Å². The third kappa shape index (κ3) is 3.24. The quantitative estimate of drug-likeness (QED) is 0.776. The van der Waals surface area contributed by atoms with Gasteiger partial charge in [0.15, 0.2) is 0 Å². The normalized spacial score (nSPS) is 10.3. The third-order valence-corrected chi connectivity index (χ3v) is 3.60. The first kappa shape index (κ1) is 12.5. The van der Waals surface area contributed by atoms with E-state index in [1.54, 1.807) is 0 Å². The van der Waals surface area contributed by atoms with Gasteiger partial charge in [-0.2, -0.15) is 0 Å². The van der Waals surface area contributed by atoms with Crippen molar-refractivity contribution in [3.05, 3.63) is 63.1 Å². The summed E-state index contributed by atoms with van der Waals surface area (Å²) in [6.45, 7) is 2.54. The van der Waals surface area contributed by atoms with Crippen LogP contribution in [0.1, 0.15) is 11.1 Å². The Morgan fingerprint density at radius 2 is 1.88 bits per heavy atom. The molecule has 0 aromatic heterocycles. The first-order chi connectivity index (χ1) is 8.16. The molecule has 88 valence electrons. The third-order valence-electron chi connectivity index (χ3n) is 2.45. The van der Waals surface area contributed by atoms with E-state index in [2.05, 4.69) is 15.9 Å². The summed E-state index contributed by atoms with van der Waals surface area (Å²) in [6, 6.07) is 13.8. The second-order valence-corrected chi connectivity index (χ2v) is 5.07. The highest BCUT2D eigenvalue weighted by Crippen LogP contribution is 2.31. The number of ether oxygens (including phenoxy) is 1. The first-order valence-corrected chi connectivity index (χ1v) is 6.46. The molecule has 2 aromatic rings. The molecule has 2 rings (SSSR count). The summed E-state index contributed by atoms with van der Waals surface area (Å²) in [6.07, 6.45) is 0. The highest BCUT2D eigenvalue weighted by atomic mass is 79.9. The highest BCUT2D eigenvalue weighted by molar-refractivity contribution is 9.10. The largest absolute Gasteiger partial charge is 0.487 e. The molecule has 0 saturated carbocycles. The van der Waals surface area contributed by atoms with Crippen LogP contribution in [-0.2, 0) is 6.61 Å². The number of benzene rings is 2. The number of hydrogen-bond acceptors (Lipinski definition) is 1. The van der Waals surface area contributed by atoms with Crippen LogP contribution in [0.5, 0.6) is 5.75 Å². The lowest BCUT2D eigenvalue weighted by molar-refractivity contribution is 0.306. The minimum absolute atomic E-state index is 0.529. The van der Waals surface area contributed by atoms with Crippen molar-refractivity contribution in [1.82, 2.24) is 0 Å². The van der Waals surface area contributed by atoms with Gasteiger partial charge in [-0.3, -0.25) is 0 Å². The molecule has 0 fully saturated rings. The topological polar surface area (TPSA) is 9.23 Å². The second-order valence-electron chi connectivity index (χ2n) is 3.81. The standard InChI is InChI=1S/C14H12BrClO/c1-10-7-14(13(16)8-12(10)15)17-9-11-5-3-2-4-6-11/h2-8H,9H2,1H3. The molecule has 0 aliphatic carbocycles. The van der Waals surface area contributed by atoms with Crippen LogP contribution in [0.25, 0.3) is 0 Å². The molecule has 3 heteroatoms. The summed E-state index contributed by atoms with van der Waals surface area (Å²) in [5.74, 6) is 0.719. The van der Waals surface area contributed by atoms with Gasteiger partial charge in [-0.1, -0.05) is 57.9 Å². The van der Waals surface area contributed by atoms with Crippen molar-refractivity contribution in [2.45, 2.75) is 13.5 Å². The minimum atomic E-state index is 0.529. The Hall–Kier alpha value is -0.990. The van der Waals surface area contributed by atoms with Gasteiger partial charge in [0.2, 0.25) is 0 Å². The zero-order valence-electron chi connectivity index (χ0n) is 9.41. The Balaban J connectivity index is 2.12. The monoisotopic (exact) mass is 310 g/mol. The van der Waals surface area contributed by atoms with E-state index in [9.17, 15) is 0 Å². The lowest BCUT2D eigenvalue weighted by atomic mass is 10.2. The Kier molecular flexibility index (Phi) is 4.08. The molecule has 0 unspecified atom stereocenters. The molecule has 0 heterocycles. The zero-order valence-corrected chi connectivity index (χ0v) is 11.8. The molecule has 0 aliphatic rings. The lowest BCUT2D eigenvalue weighted by Gasteiger charge is -2.10. The van der Waals surface area contributed by atoms with E-state index in [-0.39, 0.29) is 0 Å².